The van der Waals surface area contributed by atoms with Crippen LogP contribution in [0, 0.1) is 11.6 Å². The molecule has 0 bridgehead atoms. The van der Waals surface area contributed by atoms with Gasteiger partial charge < -0.3 is 20.4 Å². The quantitative estimate of drug-likeness (QED) is 0.366. The van der Waals surface area contributed by atoms with Gasteiger partial charge >= 0.3 is 18.1 Å². The van der Waals surface area contributed by atoms with E-state index >= 15 is 0 Å². The Labute approximate surface area is 225 Å². The molecule has 13 heteroatoms. The number of hydrogen-bond acceptors (Lipinski definition) is 5. The Kier molecular flexibility index (Phi) is 9.78. The largest absolute Gasteiger partial charge is 0.490 e. The smallest absolute Gasteiger partial charge is 0.478 e. The van der Waals surface area contributed by atoms with Crippen LogP contribution in [0.1, 0.15) is 26.3 Å². The summed E-state index contributed by atoms with van der Waals surface area (Å²) < 4.78 is 58.2. The van der Waals surface area contributed by atoms with E-state index < -0.39 is 29.8 Å². The highest BCUT2D eigenvalue weighted by Gasteiger charge is 2.38. The molecule has 3 aromatic rings. The molecule has 0 atom stereocenters. The molecule has 8 nitrogen and oxygen atoms in total. The van der Waals surface area contributed by atoms with Gasteiger partial charge in [-0.05, 0) is 60.2 Å². The molecule has 0 aliphatic carbocycles. The van der Waals surface area contributed by atoms with Crippen molar-refractivity contribution in [3.8, 4) is 0 Å². The van der Waals surface area contributed by atoms with Crippen molar-refractivity contribution < 1.29 is 46.5 Å². The number of aromatic carboxylic acids is 1. The Bertz CT molecular complexity index is 1360. The van der Waals surface area contributed by atoms with Crippen LogP contribution in [0.5, 0.6) is 0 Å². The van der Waals surface area contributed by atoms with Gasteiger partial charge in [0.15, 0.2) is 0 Å². The van der Waals surface area contributed by atoms with Crippen LogP contribution in [-0.4, -0.2) is 65.3 Å². The van der Waals surface area contributed by atoms with Crippen molar-refractivity contribution >= 4 is 29.2 Å². The summed E-state index contributed by atoms with van der Waals surface area (Å²) in [6.07, 6.45) is -5.08. The molecule has 3 aromatic carbocycles. The molecular weight excluding hydrogens is 541 g/mol. The first kappa shape index (κ1) is 30.0. The van der Waals surface area contributed by atoms with Crippen LogP contribution in [0.2, 0.25) is 0 Å². The summed E-state index contributed by atoms with van der Waals surface area (Å²) in [6.45, 7) is 3.29. The Balaban J connectivity index is 0.000000559. The molecule has 0 spiro atoms. The second-order valence-corrected chi connectivity index (χ2v) is 8.69. The second-order valence-electron chi connectivity index (χ2n) is 8.69. The molecule has 4 rings (SSSR count). The number of alkyl halides is 3. The van der Waals surface area contributed by atoms with E-state index in [-0.39, 0.29) is 16.9 Å². The van der Waals surface area contributed by atoms with Crippen LogP contribution in [0.15, 0.2) is 66.7 Å². The normalized spacial score (nSPS) is 13.7. The number of piperazine rings is 1. The number of nitrogens with zero attached hydrogens (tertiary/aromatic N) is 2. The maximum absolute atomic E-state index is 13.4. The molecule has 212 valence electrons. The van der Waals surface area contributed by atoms with Gasteiger partial charge in [0.1, 0.15) is 11.6 Å². The number of hydrogen-bond donors (Lipinski definition) is 3. The van der Waals surface area contributed by atoms with Gasteiger partial charge in [0.25, 0.3) is 5.91 Å². The number of amides is 1. The lowest BCUT2D eigenvalue weighted by molar-refractivity contribution is -0.192. The molecule has 1 saturated heterocycles. The highest BCUT2D eigenvalue weighted by Crippen LogP contribution is 2.26. The Morgan fingerprint density at radius 3 is 2.00 bits per heavy atom. The predicted octanol–water partition coefficient (Wildman–Crippen LogP) is 4.87. The molecule has 1 aliphatic rings. The predicted molar refractivity (Wildman–Crippen MR) is 135 cm³/mol. The molecule has 1 heterocycles. The number of carboxylic acids is 2. The Morgan fingerprint density at radius 1 is 0.825 bits per heavy atom. The third-order valence-corrected chi connectivity index (χ3v) is 5.84. The average Bonchev–Trinajstić information content (AvgIpc) is 2.89. The maximum Gasteiger partial charge on any atom is 0.490 e. The lowest BCUT2D eigenvalue weighted by atomic mass is 10.1. The topological polar surface area (TPSA) is 110 Å². The second kappa shape index (κ2) is 13.0. The van der Waals surface area contributed by atoms with Gasteiger partial charge in [-0.2, -0.15) is 13.2 Å². The minimum atomic E-state index is -5.08. The minimum absolute atomic E-state index is 0.0884. The molecule has 1 aliphatic heterocycles. The summed E-state index contributed by atoms with van der Waals surface area (Å²) >= 11 is 0. The lowest BCUT2D eigenvalue weighted by Crippen LogP contribution is -2.46. The number of anilines is 2. The summed E-state index contributed by atoms with van der Waals surface area (Å²) in [5.41, 5.74) is 2.18. The molecule has 40 heavy (non-hydrogen) atoms. The number of benzene rings is 3. The third-order valence-electron chi connectivity index (χ3n) is 5.84. The van der Waals surface area contributed by atoms with Gasteiger partial charge in [-0.3, -0.25) is 9.69 Å². The number of carbonyl (C=O) groups is 3. The van der Waals surface area contributed by atoms with E-state index in [0.29, 0.717) is 44.1 Å². The van der Waals surface area contributed by atoms with Crippen molar-refractivity contribution in [2.75, 3.05) is 36.4 Å². The lowest BCUT2D eigenvalue weighted by Gasteiger charge is -2.36. The standard InChI is InChI=1S/C25H23F2N3O3.C2HF3O2/c26-19-6-4-18(5-7-19)24(31)28-21-8-9-23(22(15-21)25(32)33)30-12-10-29(11-13-30)16-17-2-1-3-20(27)14-17;3-2(4,5)1(6)7/h1-9,14-15H,10-13,16H2,(H,28,31)(H,32,33);(H,6,7). The van der Waals surface area contributed by atoms with Gasteiger partial charge in [0, 0.05) is 44.0 Å². The number of aliphatic carboxylic acids is 1. The minimum Gasteiger partial charge on any atom is -0.478 e. The first-order chi connectivity index (χ1) is 18.8. The van der Waals surface area contributed by atoms with Crippen molar-refractivity contribution in [2.24, 2.45) is 0 Å². The van der Waals surface area contributed by atoms with E-state index in [9.17, 15) is 36.6 Å². The fourth-order valence-electron chi connectivity index (χ4n) is 3.91. The zero-order chi connectivity index (χ0) is 29.4. The first-order valence-corrected chi connectivity index (χ1v) is 11.8. The number of carbonyl (C=O) groups excluding carboxylic acids is 1. The van der Waals surface area contributed by atoms with Gasteiger partial charge in [-0.25, -0.2) is 18.4 Å². The molecule has 3 N–H and O–H groups in total. The van der Waals surface area contributed by atoms with Crippen LogP contribution in [0.25, 0.3) is 0 Å². The van der Waals surface area contributed by atoms with Crippen molar-refractivity contribution in [1.29, 1.82) is 0 Å². The van der Waals surface area contributed by atoms with Crippen LogP contribution >= 0.6 is 0 Å². The average molecular weight is 565 g/mol. The number of rotatable bonds is 6. The molecule has 0 radical (unpaired) electrons. The summed E-state index contributed by atoms with van der Waals surface area (Å²) in [4.78, 5) is 37.4. The van der Waals surface area contributed by atoms with E-state index in [2.05, 4.69) is 10.2 Å². The Morgan fingerprint density at radius 2 is 1.45 bits per heavy atom. The van der Waals surface area contributed by atoms with Crippen molar-refractivity contribution in [1.82, 2.24) is 4.90 Å². The molecule has 0 aromatic heterocycles. The fourth-order valence-corrected chi connectivity index (χ4v) is 3.91. The fraction of sp³-hybridized carbons (Fsp3) is 0.222. The summed E-state index contributed by atoms with van der Waals surface area (Å²) in [7, 11) is 0. The SMILES string of the molecule is O=C(Nc1ccc(N2CCN(Cc3cccc(F)c3)CC2)c(C(=O)O)c1)c1ccc(F)cc1.O=C(O)C(F)(F)F. The van der Waals surface area contributed by atoms with Gasteiger partial charge in [-0.1, -0.05) is 12.1 Å². The number of halogens is 5. The number of carboxylic acid groups (broad SMARTS) is 2. The van der Waals surface area contributed by atoms with Crippen molar-refractivity contribution in [2.45, 2.75) is 12.7 Å². The molecule has 0 saturated carbocycles. The highest BCUT2D eigenvalue weighted by atomic mass is 19.4. The van der Waals surface area contributed by atoms with E-state index in [1.54, 1.807) is 18.2 Å². The van der Waals surface area contributed by atoms with Crippen molar-refractivity contribution in [3.05, 3.63) is 95.1 Å². The van der Waals surface area contributed by atoms with E-state index in [1.165, 1.54) is 42.5 Å². The van der Waals surface area contributed by atoms with Crippen LogP contribution in [-0.2, 0) is 11.3 Å². The van der Waals surface area contributed by atoms with E-state index in [1.807, 2.05) is 11.0 Å². The summed E-state index contributed by atoms with van der Waals surface area (Å²) in [5, 5.41) is 19.5. The molecule has 1 fully saturated rings. The zero-order valence-corrected chi connectivity index (χ0v) is 20.8. The zero-order valence-electron chi connectivity index (χ0n) is 20.8. The van der Waals surface area contributed by atoms with Gasteiger partial charge in [0.2, 0.25) is 0 Å². The van der Waals surface area contributed by atoms with Gasteiger partial charge in [-0.15, -0.1) is 0 Å². The van der Waals surface area contributed by atoms with E-state index in [4.69, 9.17) is 9.90 Å². The summed E-state index contributed by atoms with van der Waals surface area (Å²) in [6, 6.07) is 16.4. The Hall–Kier alpha value is -4.52. The van der Waals surface area contributed by atoms with Crippen LogP contribution < -0.4 is 10.2 Å². The third kappa shape index (κ3) is 8.50. The van der Waals surface area contributed by atoms with Crippen LogP contribution in [0.3, 0.4) is 0 Å². The maximum atomic E-state index is 13.4. The summed E-state index contributed by atoms with van der Waals surface area (Å²) in [5.74, 6) is -5.01. The monoisotopic (exact) mass is 565 g/mol. The van der Waals surface area contributed by atoms with Gasteiger partial charge in [0.05, 0.1) is 11.3 Å². The molecule has 0 unspecified atom stereocenters. The number of nitrogens with one attached hydrogen (secondary N) is 1. The first-order valence-electron chi connectivity index (χ1n) is 11.8. The van der Waals surface area contributed by atoms with E-state index in [0.717, 1.165) is 5.56 Å². The van der Waals surface area contributed by atoms with Crippen LogP contribution in [0.4, 0.5) is 33.3 Å². The molecule has 1 amide bonds. The molecular formula is C27H24F5N3O5. The highest BCUT2D eigenvalue weighted by molar-refractivity contribution is 6.05. The van der Waals surface area contributed by atoms with Crippen molar-refractivity contribution in [3.63, 3.8) is 0 Å².